The van der Waals surface area contributed by atoms with Crippen molar-refractivity contribution in [1.82, 2.24) is 9.88 Å². The van der Waals surface area contributed by atoms with Gasteiger partial charge in [0.05, 0.1) is 11.6 Å². The van der Waals surface area contributed by atoms with E-state index in [9.17, 15) is 9.90 Å². The van der Waals surface area contributed by atoms with E-state index < -0.39 is 5.97 Å². The number of aromatic nitrogens is 1. The Morgan fingerprint density at radius 3 is 2.62 bits per heavy atom. The van der Waals surface area contributed by atoms with Gasteiger partial charge in [-0.15, -0.1) is 11.3 Å². The highest BCUT2D eigenvalue weighted by atomic mass is 32.1. The van der Waals surface area contributed by atoms with Gasteiger partial charge >= 0.3 is 5.97 Å². The number of aliphatic carboxylic acids is 1. The van der Waals surface area contributed by atoms with Crippen molar-refractivity contribution >= 4 is 17.3 Å². The third kappa shape index (κ3) is 3.68. The van der Waals surface area contributed by atoms with Crippen LogP contribution in [0.1, 0.15) is 37.9 Å². The van der Waals surface area contributed by atoms with Gasteiger partial charge in [0.25, 0.3) is 0 Å². The Kier molecular flexibility index (Phi) is 5.01. The van der Waals surface area contributed by atoms with Crippen LogP contribution >= 0.6 is 11.3 Å². The van der Waals surface area contributed by atoms with E-state index in [0.29, 0.717) is 12.5 Å². The fourth-order valence-corrected chi connectivity index (χ4v) is 4.09. The molecule has 0 amide bonds. The molecule has 1 N–H and O–H groups in total. The summed E-state index contributed by atoms with van der Waals surface area (Å²) in [5, 5.41) is 12.4. The number of carbonyl (C=O) groups is 1. The lowest BCUT2D eigenvalue weighted by atomic mass is 9.99. The standard InChI is InChI=1S/C19H24N2O2S/c1-12(2)14-4-6-15(7-5-14)18-20-16(11-24-18)9-21-8-13(3)17(10-21)19(22)23/h4-7,11-13,17H,8-10H2,1-3H3,(H,22,23)/t13-,17-/m1/s1. The van der Waals surface area contributed by atoms with Gasteiger partial charge in [-0.1, -0.05) is 45.0 Å². The van der Waals surface area contributed by atoms with E-state index in [1.54, 1.807) is 11.3 Å². The lowest BCUT2D eigenvalue weighted by Crippen LogP contribution is -2.23. The second-order valence-electron chi connectivity index (χ2n) is 7.04. The Balaban J connectivity index is 1.67. The molecule has 2 aromatic rings. The van der Waals surface area contributed by atoms with Crippen LogP contribution in [0.4, 0.5) is 0 Å². The molecular formula is C19H24N2O2S. The van der Waals surface area contributed by atoms with Crippen molar-refractivity contribution < 1.29 is 9.90 Å². The number of hydrogen-bond donors (Lipinski definition) is 1. The highest BCUT2D eigenvalue weighted by Gasteiger charge is 2.34. The van der Waals surface area contributed by atoms with Crippen LogP contribution in [0, 0.1) is 11.8 Å². The number of hydrogen-bond acceptors (Lipinski definition) is 4. The predicted molar refractivity (Wildman–Crippen MR) is 97.2 cm³/mol. The van der Waals surface area contributed by atoms with Gasteiger partial charge in [0.2, 0.25) is 0 Å². The van der Waals surface area contributed by atoms with Crippen molar-refractivity contribution in [3.8, 4) is 10.6 Å². The summed E-state index contributed by atoms with van der Waals surface area (Å²) < 4.78 is 0. The van der Waals surface area contributed by atoms with Crippen LogP contribution in [0.3, 0.4) is 0 Å². The van der Waals surface area contributed by atoms with Crippen LogP contribution in [-0.4, -0.2) is 34.0 Å². The molecule has 1 fully saturated rings. The van der Waals surface area contributed by atoms with Gasteiger partial charge in [-0.3, -0.25) is 9.69 Å². The zero-order valence-corrected chi connectivity index (χ0v) is 15.2. The van der Waals surface area contributed by atoms with Crippen molar-refractivity contribution in [1.29, 1.82) is 0 Å². The third-order valence-electron chi connectivity index (χ3n) is 4.77. The maximum absolute atomic E-state index is 11.2. The first-order valence-corrected chi connectivity index (χ1v) is 9.32. The van der Waals surface area contributed by atoms with Gasteiger partial charge in [-0.2, -0.15) is 0 Å². The summed E-state index contributed by atoms with van der Waals surface area (Å²) in [4.78, 5) is 18.2. The SMILES string of the molecule is CC(C)c1ccc(-c2nc(CN3C[C@@H](C)[C@H](C(=O)O)C3)cs2)cc1. The molecule has 1 aromatic carbocycles. The van der Waals surface area contributed by atoms with Crippen LogP contribution in [0.15, 0.2) is 29.6 Å². The van der Waals surface area contributed by atoms with Crippen LogP contribution in [0.25, 0.3) is 10.6 Å². The Labute approximate surface area is 147 Å². The quantitative estimate of drug-likeness (QED) is 0.888. The summed E-state index contributed by atoms with van der Waals surface area (Å²) in [6.45, 7) is 8.57. The molecule has 128 valence electrons. The molecule has 0 aliphatic carbocycles. The Hall–Kier alpha value is -1.72. The van der Waals surface area contributed by atoms with Gasteiger partial charge < -0.3 is 5.11 Å². The maximum atomic E-state index is 11.2. The smallest absolute Gasteiger partial charge is 0.308 e. The minimum Gasteiger partial charge on any atom is -0.481 e. The summed E-state index contributed by atoms with van der Waals surface area (Å²) in [6.07, 6.45) is 0. The van der Waals surface area contributed by atoms with E-state index >= 15 is 0 Å². The molecule has 0 radical (unpaired) electrons. The summed E-state index contributed by atoms with van der Waals surface area (Å²) in [6, 6.07) is 8.61. The third-order valence-corrected chi connectivity index (χ3v) is 5.71. The molecule has 0 saturated carbocycles. The number of likely N-dealkylation sites (tertiary alicyclic amines) is 1. The van der Waals surface area contributed by atoms with Crippen LogP contribution < -0.4 is 0 Å². The normalized spacial score (nSPS) is 21.5. The highest BCUT2D eigenvalue weighted by Crippen LogP contribution is 2.28. The maximum Gasteiger partial charge on any atom is 0.308 e. The molecule has 5 heteroatoms. The summed E-state index contributed by atoms with van der Waals surface area (Å²) >= 11 is 1.65. The van der Waals surface area contributed by atoms with Crippen LogP contribution in [0.5, 0.6) is 0 Å². The molecule has 1 saturated heterocycles. The number of rotatable bonds is 5. The number of thiazole rings is 1. The zero-order chi connectivity index (χ0) is 17.3. The zero-order valence-electron chi connectivity index (χ0n) is 14.4. The van der Waals surface area contributed by atoms with E-state index in [2.05, 4.69) is 48.4 Å². The molecule has 3 rings (SSSR count). The second kappa shape index (κ2) is 7.03. The van der Waals surface area contributed by atoms with E-state index in [1.165, 1.54) is 5.56 Å². The molecule has 2 heterocycles. The van der Waals surface area contributed by atoms with Crippen molar-refractivity contribution in [3.63, 3.8) is 0 Å². The molecule has 4 nitrogen and oxygen atoms in total. The fourth-order valence-electron chi connectivity index (χ4n) is 3.27. The van der Waals surface area contributed by atoms with Gasteiger partial charge in [-0.25, -0.2) is 4.98 Å². The molecular weight excluding hydrogens is 320 g/mol. The topological polar surface area (TPSA) is 53.4 Å². The number of carboxylic acids is 1. The Morgan fingerprint density at radius 2 is 2.04 bits per heavy atom. The van der Waals surface area contributed by atoms with Crippen LogP contribution in [-0.2, 0) is 11.3 Å². The molecule has 1 aromatic heterocycles. The highest BCUT2D eigenvalue weighted by molar-refractivity contribution is 7.13. The second-order valence-corrected chi connectivity index (χ2v) is 7.89. The molecule has 1 aliphatic rings. The van der Waals surface area contributed by atoms with E-state index in [0.717, 1.165) is 29.4 Å². The van der Waals surface area contributed by atoms with Gasteiger partial charge in [0, 0.05) is 30.6 Å². The van der Waals surface area contributed by atoms with Gasteiger partial charge in [0.1, 0.15) is 5.01 Å². The first kappa shape index (κ1) is 17.1. The summed E-state index contributed by atoms with van der Waals surface area (Å²) in [5.41, 5.74) is 3.51. The van der Waals surface area contributed by atoms with Crippen molar-refractivity contribution in [2.75, 3.05) is 13.1 Å². The van der Waals surface area contributed by atoms with Crippen molar-refractivity contribution in [3.05, 3.63) is 40.9 Å². The minimum atomic E-state index is -0.686. The average Bonchev–Trinajstić information content (AvgIpc) is 3.14. The first-order chi connectivity index (χ1) is 11.4. The molecule has 0 bridgehead atoms. The lowest BCUT2D eigenvalue weighted by Gasteiger charge is -2.13. The Bertz CT molecular complexity index is 708. The fraction of sp³-hybridized carbons (Fsp3) is 0.474. The summed E-state index contributed by atoms with van der Waals surface area (Å²) in [7, 11) is 0. The number of carboxylic acid groups (broad SMARTS) is 1. The number of benzene rings is 1. The average molecular weight is 344 g/mol. The van der Waals surface area contributed by atoms with Crippen LogP contribution in [0.2, 0.25) is 0 Å². The van der Waals surface area contributed by atoms with E-state index in [-0.39, 0.29) is 11.8 Å². The lowest BCUT2D eigenvalue weighted by molar-refractivity contribution is -0.142. The van der Waals surface area contributed by atoms with Gasteiger partial charge in [0.15, 0.2) is 0 Å². The molecule has 0 unspecified atom stereocenters. The molecule has 1 aliphatic heterocycles. The molecule has 2 atom stereocenters. The van der Waals surface area contributed by atoms with Crippen molar-refractivity contribution in [2.45, 2.75) is 33.2 Å². The van der Waals surface area contributed by atoms with E-state index in [4.69, 9.17) is 4.98 Å². The Morgan fingerprint density at radius 1 is 1.33 bits per heavy atom. The van der Waals surface area contributed by atoms with Crippen molar-refractivity contribution in [2.24, 2.45) is 11.8 Å². The molecule has 24 heavy (non-hydrogen) atoms. The monoisotopic (exact) mass is 344 g/mol. The number of nitrogens with zero attached hydrogens (tertiary/aromatic N) is 2. The minimum absolute atomic E-state index is 0.198. The first-order valence-electron chi connectivity index (χ1n) is 8.44. The van der Waals surface area contributed by atoms with Gasteiger partial charge in [-0.05, 0) is 17.4 Å². The largest absolute Gasteiger partial charge is 0.481 e. The summed E-state index contributed by atoms with van der Waals surface area (Å²) in [5.74, 6) is -0.213. The predicted octanol–water partition coefficient (Wildman–Crippen LogP) is 4.09. The molecule has 0 spiro atoms. The van der Waals surface area contributed by atoms with E-state index in [1.807, 2.05) is 6.92 Å².